The molecule has 0 saturated heterocycles. The van der Waals surface area contributed by atoms with Crippen LogP contribution in [0.5, 0.6) is 0 Å². The van der Waals surface area contributed by atoms with E-state index >= 15 is 0 Å². The first kappa shape index (κ1) is 29.1. The third-order valence-corrected chi connectivity index (χ3v) is 4.34. The first-order valence-corrected chi connectivity index (χ1v) is 11.2. The highest BCUT2D eigenvalue weighted by atomic mass is 16.1. The third-order valence-electron chi connectivity index (χ3n) is 4.34. The first-order valence-electron chi connectivity index (χ1n) is 11.2. The molecule has 0 saturated carbocycles. The molecule has 0 atom stereocenters. The third kappa shape index (κ3) is 33.9. The molecular formula is C21H45N7O. The van der Waals surface area contributed by atoms with Crippen molar-refractivity contribution in [2.75, 3.05) is 19.6 Å². The van der Waals surface area contributed by atoms with E-state index in [9.17, 15) is 4.79 Å². The Morgan fingerprint density at radius 3 is 1.28 bits per heavy atom. The quantitative estimate of drug-likeness (QED) is 0.118. The highest BCUT2D eigenvalue weighted by Gasteiger charge is 1.92. The van der Waals surface area contributed by atoms with Gasteiger partial charge in [-0.25, -0.2) is 9.79 Å². The van der Waals surface area contributed by atoms with Crippen molar-refractivity contribution < 1.29 is 4.79 Å². The van der Waals surface area contributed by atoms with Crippen LogP contribution < -0.4 is 22.9 Å². The van der Waals surface area contributed by atoms with E-state index in [1.54, 1.807) is 6.08 Å². The topological polar surface area (TPSA) is 158 Å². The summed E-state index contributed by atoms with van der Waals surface area (Å²) in [7, 11) is 0. The molecule has 8 nitrogen and oxygen atoms in total. The van der Waals surface area contributed by atoms with Crippen LogP contribution in [0, 0.1) is 0 Å². The van der Waals surface area contributed by atoms with Gasteiger partial charge in [0, 0.05) is 13.1 Å². The van der Waals surface area contributed by atoms with Gasteiger partial charge in [0.1, 0.15) is 0 Å². The Morgan fingerprint density at radius 1 is 0.586 bits per heavy atom. The SMILES string of the molecule is CCCCCCCCCCCCN=C=O.NC(N)=NCCCCCCN=C(N)N. The van der Waals surface area contributed by atoms with Crippen LogP contribution in [0.25, 0.3) is 0 Å². The summed E-state index contributed by atoms with van der Waals surface area (Å²) in [5.41, 5.74) is 20.7. The predicted molar refractivity (Wildman–Crippen MR) is 125 cm³/mol. The van der Waals surface area contributed by atoms with Crippen molar-refractivity contribution in [3.63, 3.8) is 0 Å². The molecule has 0 aliphatic rings. The fourth-order valence-electron chi connectivity index (χ4n) is 2.72. The van der Waals surface area contributed by atoms with Gasteiger partial charge in [-0.15, -0.1) is 0 Å². The van der Waals surface area contributed by atoms with Crippen molar-refractivity contribution in [1.29, 1.82) is 0 Å². The molecule has 0 heterocycles. The second kappa shape index (κ2) is 25.9. The average Bonchev–Trinajstić information content (AvgIpc) is 2.68. The van der Waals surface area contributed by atoms with Crippen molar-refractivity contribution in [2.45, 2.75) is 96.8 Å². The van der Waals surface area contributed by atoms with E-state index in [4.69, 9.17) is 22.9 Å². The van der Waals surface area contributed by atoms with Crippen LogP contribution in [0.1, 0.15) is 96.8 Å². The smallest absolute Gasteiger partial charge is 0.234 e. The molecule has 170 valence electrons. The van der Waals surface area contributed by atoms with Crippen molar-refractivity contribution in [2.24, 2.45) is 37.9 Å². The number of guanidine groups is 2. The fraction of sp³-hybridized carbons (Fsp3) is 0.857. The summed E-state index contributed by atoms with van der Waals surface area (Å²) in [6.45, 7) is 4.32. The van der Waals surface area contributed by atoms with Gasteiger partial charge in [-0.2, -0.15) is 0 Å². The number of hydrogen-bond donors (Lipinski definition) is 4. The summed E-state index contributed by atoms with van der Waals surface area (Å²) in [6, 6.07) is 0. The van der Waals surface area contributed by atoms with Crippen molar-refractivity contribution in [1.82, 2.24) is 0 Å². The number of unbranched alkanes of at least 4 members (excludes halogenated alkanes) is 12. The molecule has 0 fully saturated rings. The number of nitrogens with two attached hydrogens (primary N) is 4. The number of hydrogen-bond acceptors (Lipinski definition) is 4. The van der Waals surface area contributed by atoms with Crippen molar-refractivity contribution in [3.05, 3.63) is 0 Å². The van der Waals surface area contributed by atoms with Crippen molar-refractivity contribution in [3.8, 4) is 0 Å². The second-order valence-corrected chi connectivity index (χ2v) is 7.18. The predicted octanol–water partition coefficient (Wildman–Crippen LogP) is 3.34. The van der Waals surface area contributed by atoms with Gasteiger partial charge in [0.05, 0.1) is 6.54 Å². The summed E-state index contributed by atoms with van der Waals surface area (Å²) in [5.74, 6) is 0.316. The molecule has 8 N–H and O–H groups in total. The lowest BCUT2D eigenvalue weighted by Gasteiger charge is -2.00. The van der Waals surface area contributed by atoms with Crippen LogP contribution in [-0.4, -0.2) is 37.6 Å². The van der Waals surface area contributed by atoms with Crippen LogP contribution in [0.3, 0.4) is 0 Å². The molecule has 0 unspecified atom stereocenters. The van der Waals surface area contributed by atoms with Crippen molar-refractivity contribution >= 4 is 18.0 Å². The minimum Gasteiger partial charge on any atom is -0.370 e. The Balaban J connectivity index is 0. The molecule has 0 aromatic carbocycles. The maximum absolute atomic E-state index is 9.77. The number of nitrogens with zero attached hydrogens (tertiary/aromatic N) is 3. The van der Waals surface area contributed by atoms with Gasteiger partial charge < -0.3 is 22.9 Å². The lowest BCUT2D eigenvalue weighted by Crippen LogP contribution is -2.23. The molecule has 0 aromatic rings. The summed E-state index contributed by atoms with van der Waals surface area (Å²) in [6.07, 6.45) is 19.0. The largest absolute Gasteiger partial charge is 0.370 e. The normalized spacial score (nSPS) is 9.69. The zero-order valence-corrected chi connectivity index (χ0v) is 18.6. The van der Waals surface area contributed by atoms with Crippen LogP contribution in [0.4, 0.5) is 0 Å². The highest BCUT2D eigenvalue weighted by molar-refractivity contribution is 5.75. The molecule has 0 aromatic heterocycles. The van der Waals surface area contributed by atoms with E-state index in [-0.39, 0.29) is 11.9 Å². The Bertz CT molecular complexity index is 416. The van der Waals surface area contributed by atoms with E-state index < -0.39 is 0 Å². The van der Waals surface area contributed by atoms with Crippen LogP contribution in [0.15, 0.2) is 15.0 Å². The lowest BCUT2D eigenvalue weighted by atomic mass is 10.1. The van der Waals surface area contributed by atoms with Gasteiger partial charge in [0.2, 0.25) is 6.08 Å². The lowest BCUT2D eigenvalue weighted by molar-refractivity contribution is 0.552. The number of aliphatic imine (C=N–C) groups is 3. The van der Waals surface area contributed by atoms with Gasteiger partial charge >= 0.3 is 0 Å². The fourth-order valence-corrected chi connectivity index (χ4v) is 2.72. The Morgan fingerprint density at radius 2 is 0.931 bits per heavy atom. The molecule has 29 heavy (non-hydrogen) atoms. The number of carbonyl (C=O) groups excluding carboxylic acids is 1. The minimum atomic E-state index is 0.158. The van der Waals surface area contributed by atoms with Gasteiger partial charge in [-0.05, 0) is 19.3 Å². The number of isocyanates is 1. The van der Waals surface area contributed by atoms with Crippen LogP contribution >= 0.6 is 0 Å². The second-order valence-electron chi connectivity index (χ2n) is 7.18. The van der Waals surface area contributed by atoms with E-state index in [2.05, 4.69) is 21.9 Å². The maximum atomic E-state index is 9.77. The molecule has 0 radical (unpaired) electrons. The number of rotatable bonds is 18. The molecule has 8 heteroatoms. The summed E-state index contributed by atoms with van der Waals surface area (Å²) < 4.78 is 0. The molecule has 0 spiro atoms. The summed E-state index contributed by atoms with van der Waals surface area (Å²) in [4.78, 5) is 21.1. The van der Waals surface area contributed by atoms with Gasteiger partial charge in [0.25, 0.3) is 0 Å². The molecule has 0 aliphatic heterocycles. The Labute approximate surface area is 177 Å². The zero-order chi connectivity index (χ0) is 22.0. The monoisotopic (exact) mass is 411 g/mol. The summed E-state index contributed by atoms with van der Waals surface area (Å²) >= 11 is 0. The van der Waals surface area contributed by atoms with Crippen LogP contribution in [0.2, 0.25) is 0 Å². The van der Waals surface area contributed by atoms with E-state index in [1.807, 2.05) is 0 Å². The van der Waals surface area contributed by atoms with Gasteiger partial charge in [-0.1, -0.05) is 77.6 Å². The Kier molecular flexibility index (Phi) is 26.0. The van der Waals surface area contributed by atoms with Gasteiger partial charge in [0.15, 0.2) is 11.9 Å². The van der Waals surface area contributed by atoms with E-state index in [1.165, 1.54) is 57.8 Å². The molecule has 0 bridgehead atoms. The first-order chi connectivity index (χ1) is 14.0. The standard InChI is InChI=1S/C13H25NO.C8H20N6/c1-2-3-4-5-6-7-8-9-10-11-12-14-13-15;9-7(10)13-5-3-1-2-4-6-14-8(11)12/h2-12H2,1H3;1-6H2,(H4,9,10,13)(H4,11,12,14). The average molecular weight is 412 g/mol. The van der Waals surface area contributed by atoms with Crippen LogP contribution in [-0.2, 0) is 4.79 Å². The maximum Gasteiger partial charge on any atom is 0.234 e. The highest BCUT2D eigenvalue weighted by Crippen LogP contribution is 2.10. The zero-order valence-electron chi connectivity index (χ0n) is 18.6. The Hall–Kier alpha value is -2.08. The summed E-state index contributed by atoms with van der Waals surface area (Å²) in [5, 5.41) is 0. The molecule has 0 amide bonds. The van der Waals surface area contributed by atoms with E-state index in [0.29, 0.717) is 19.6 Å². The minimum absolute atomic E-state index is 0.158. The molecule has 0 aliphatic carbocycles. The molecule has 0 rings (SSSR count). The van der Waals surface area contributed by atoms with E-state index in [0.717, 1.165) is 32.1 Å². The van der Waals surface area contributed by atoms with Gasteiger partial charge in [-0.3, -0.25) is 9.98 Å². The molecular weight excluding hydrogens is 366 g/mol.